The maximum absolute atomic E-state index is 13.5. The Kier molecular flexibility index (Phi) is 8.82. The molecule has 0 radical (unpaired) electrons. The van der Waals surface area contributed by atoms with Gasteiger partial charge in [-0.15, -0.1) is 0 Å². The molecule has 0 bridgehead atoms. The smallest absolute Gasteiger partial charge is 0.341 e. The van der Waals surface area contributed by atoms with Gasteiger partial charge < -0.3 is 23.9 Å². The molecular weight excluding hydrogens is 456 g/mol. The number of nitrogens with one attached hydrogen (secondary N) is 1. The van der Waals surface area contributed by atoms with Crippen LogP contribution in [-0.4, -0.2) is 45.7 Å². The molecule has 36 heavy (non-hydrogen) atoms. The molecule has 1 aromatic heterocycles. The molecule has 0 spiro atoms. The van der Waals surface area contributed by atoms with Crippen molar-refractivity contribution in [2.24, 2.45) is 0 Å². The Balaban J connectivity index is 1.96. The number of rotatable bonds is 11. The zero-order chi connectivity index (χ0) is 26.5. The number of aliphatic carboxylic acids is 1. The molecular formula is C28H40N4O4. The number of carboxylic acids is 1. The van der Waals surface area contributed by atoms with Gasteiger partial charge in [0.05, 0.1) is 12.2 Å². The first kappa shape index (κ1) is 27.3. The highest BCUT2D eigenvalue weighted by atomic mass is 16.5. The predicted octanol–water partition coefficient (Wildman–Crippen LogP) is 4.76. The summed E-state index contributed by atoms with van der Waals surface area (Å²) in [5.41, 5.74) is 3.39. The number of imidazole rings is 1. The lowest BCUT2D eigenvalue weighted by Gasteiger charge is -2.29. The fourth-order valence-corrected chi connectivity index (χ4v) is 4.56. The predicted molar refractivity (Wildman–Crippen MR) is 141 cm³/mol. The molecule has 1 aromatic carbocycles. The molecule has 1 aliphatic heterocycles. The molecule has 0 unspecified atom stereocenters. The van der Waals surface area contributed by atoms with Crippen molar-refractivity contribution >= 4 is 17.4 Å². The number of anilines is 1. The van der Waals surface area contributed by atoms with Gasteiger partial charge in [-0.25, -0.2) is 4.79 Å². The monoisotopic (exact) mass is 496 g/mol. The van der Waals surface area contributed by atoms with Crippen LogP contribution in [0.25, 0.3) is 0 Å². The highest BCUT2D eigenvalue weighted by Gasteiger charge is 2.28. The molecule has 0 aliphatic carbocycles. The summed E-state index contributed by atoms with van der Waals surface area (Å²) in [4.78, 5) is 26.9. The summed E-state index contributed by atoms with van der Waals surface area (Å²) in [7, 11) is 0. The third-order valence-corrected chi connectivity index (χ3v) is 6.76. The van der Waals surface area contributed by atoms with E-state index >= 15 is 0 Å². The van der Waals surface area contributed by atoms with Crippen molar-refractivity contribution in [2.45, 2.75) is 78.8 Å². The number of aromatic nitrogens is 2. The Morgan fingerprint density at radius 1 is 1.08 bits per heavy atom. The number of carbonyl (C=O) groups excluding carboxylic acids is 1. The molecule has 0 saturated carbocycles. The van der Waals surface area contributed by atoms with Gasteiger partial charge in [-0.05, 0) is 43.2 Å². The van der Waals surface area contributed by atoms with E-state index in [4.69, 9.17) is 10.1 Å². The number of carboxylic acid groups (broad SMARTS) is 1. The number of nitrogens with zero attached hydrogens (tertiary/aromatic N) is 3. The third kappa shape index (κ3) is 6.47. The summed E-state index contributed by atoms with van der Waals surface area (Å²) >= 11 is 0. The number of allylic oxidation sites excluding steroid dienone is 2. The SMILES string of the molecule is CCC(=CCn1ccn(CC(=O)c2cc(N3CCCC3)c(OCC(=O)O)c(C(C)(C)C)c2)c1=N)CC. The van der Waals surface area contributed by atoms with E-state index in [1.807, 2.05) is 43.7 Å². The molecule has 0 atom stereocenters. The van der Waals surface area contributed by atoms with Crippen LogP contribution in [-0.2, 0) is 23.3 Å². The van der Waals surface area contributed by atoms with Crippen LogP contribution < -0.4 is 15.3 Å². The van der Waals surface area contributed by atoms with Gasteiger partial charge in [0.2, 0.25) is 5.62 Å². The van der Waals surface area contributed by atoms with E-state index in [1.54, 1.807) is 10.8 Å². The van der Waals surface area contributed by atoms with Gasteiger partial charge in [0.1, 0.15) is 5.75 Å². The van der Waals surface area contributed by atoms with Crippen molar-refractivity contribution in [1.29, 1.82) is 5.41 Å². The zero-order valence-electron chi connectivity index (χ0n) is 22.3. The Morgan fingerprint density at radius 2 is 1.72 bits per heavy atom. The lowest BCUT2D eigenvalue weighted by Crippen LogP contribution is -2.28. The van der Waals surface area contributed by atoms with E-state index in [0.29, 0.717) is 17.9 Å². The first-order valence-corrected chi connectivity index (χ1v) is 12.8. The summed E-state index contributed by atoms with van der Waals surface area (Å²) in [6.07, 6.45) is 9.84. The average Bonchev–Trinajstić information content (AvgIpc) is 3.48. The van der Waals surface area contributed by atoms with Gasteiger partial charge in [0.25, 0.3) is 0 Å². The normalized spacial score (nSPS) is 13.6. The van der Waals surface area contributed by atoms with Crippen LogP contribution in [0.15, 0.2) is 36.2 Å². The number of Topliss-reactive ketones (excluding diaryl/α,β-unsaturated/α-hetero) is 1. The van der Waals surface area contributed by atoms with Gasteiger partial charge >= 0.3 is 5.97 Å². The van der Waals surface area contributed by atoms with Crippen molar-refractivity contribution < 1.29 is 19.4 Å². The highest BCUT2D eigenvalue weighted by Crippen LogP contribution is 2.41. The van der Waals surface area contributed by atoms with E-state index in [9.17, 15) is 14.7 Å². The highest BCUT2D eigenvalue weighted by molar-refractivity contribution is 5.98. The minimum absolute atomic E-state index is 0.0579. The van der Waals surface area contributed by atoms with E-state index in [-0.39, 0.29) is 23.4 Å². The number of benzene rings is 1. The first-order valence-electron chi connectivity index (χ1n) is 12.8. The molecule has 3 rings (SSSR count). The summed E-state index contributed by atoms with van der Waals surface area (Å²) in [6, 6.07) is 3.66. The molecule has 1 fully saturated rings. The maximum atomic E-state index is 13.5. The first-order chi connectivity index (χ1) is 17.0. The standard InChI is InChI=1S/C28H40N4O4/c1-6-20(7-2)10-13-31-14-15-32(27(31)29)18-24(33)21-16-22(28(3,4)5)26(36-19-25(34)35)23(17-21)30-11-8-9-12-30/h10,14-17,29H,6-9,11-13,18-19H2,1-5H3,(H,34,35). The second-order valence-electron chi connectivity index (χ2n) is 10.4. The van der Waals surface area contributed by atoms with Crippen molar-refractivity contribution in [2.75, 3.05) is 24.6 Å². The van der Waals surface area contributed by atoms with E-state index in [0.717, 1.165) is 50.0 Å². The van der Waals surface area contributed by atoms with Gasteiger partial charge in [0, 0.05) is 43.2 Å². The van der Waals surface area contributed by atoms with Gasteiger partial charge in [0.15, 0.2) is 12.4 Å². The van der Waals surface area contributed by atoms with Crippen LogP contribution in [0.1, 0.15) is 76.2 Å². The lowest BCUT2D eigenvalue weighted by molar-refractivity contribution is -0.139. The second kappa shape index (κ2) is 11.6. The molecule has 8 nitrogen and oxygen atoms in total. The average molecular weight is 497 g/mol. The number of ketones is 1. The van der Waals surface area contributed by atoms with E-state index in [2.05, 4.69) is 24.8 Å². The topological polar surface area (TPSA) is 101 Å². The van der Waals surface area contributed by atoms with Crippen molar-refractivity contribution in [3.05, 3.63) is 52.9 Å². The summed E-state index contributed by atoms with van der Waals surface area (Å²) in [5, 5.41) is 17.8. The van der Waals surface area contributed by atoms with Crippen molar-refractivity contribution in [1.82, 2.24) is 9.13 Å². The molecule has 8 heteroatoms. The minimum Gasteiger partial charge on any atom is -0.479 e. The van der Waals surface area contributed by atoms with Crippen molar-refractivity contribution in [3.63, 3.8) is 0 Å². The number of hydrogen-bond donors (Lipinski definition) is 2. The quantitative estimate of drug-likeness (QED) is 0.345. The fourth-order valence-electron chi connectivity index (χ4n) is 4.56. The lowest BCUT2D eigenvalue weighted by atomic mass is 9.84. The largest absolute Gasteiger partial charge is 0.479 e. The Morgan fingerprint density at radius 3 is 2.31 bits per heavy atom. The molecule has 0 amide bonds. The van der Waals surface area contributed by atoms with Crippen LogP contribution in [0.3, 0.4) is 0 Å². The number of ether oxygens (including phenoxy) is 1. The van der Waals surface area contributed by atoms with E-state index in [1.165, 1.54) is 5.57 Å². The molecule has 2 heterocycles. The van der Waals surface area contributed by atoms with Crippen LogP contribution in [0.4, 0.5) is 5.69 Å². The zero-order valence-corrected chi connectivity index (χ0v) is 22.3. The molecule has 2 aromatic rings. The second-order valence-corrected chi connectivity index (χ2v) is 10.4. The van der Waals surface area contributed by atoms with E-state index < -0.39 is 12.6 Å². The van der Waals surface area contributed by atoms with Gasteiger partial charge in [-0.3, -0.25) is 10.2 Å². The fraction of sp³-hybridized carbons (Fsp3) is 0.536. The summed E-state index contributed by atoms with van der Waals surface area (Å²) < 4.78 is 9.30. The third-order valence-electron chi connectivity index (χ3n) is 6.76. The minimum atomic E-state index is -1.04. The maximum Gasteiger partial charge on any atom is 0.341 e. The molecule has 196 valence electrons. The number of hydrogen-bond acceptors (Lipinski definition) is 5. The Labute approximate surface area is 213 Å². The molecule has 1 aliphatic rings. The van der Waals surface area contributed by atoms with Gasteiger partial charge in [-0.2, -0.15) is 0 Å². The van der Waals surface area contributed by atoms with Crippen molar-refractivity contribution in [3.8, 4) is 5.75 Å². The summed E-state index contributed by atoms with van der Waals surface area (Å²) in [6.45, 7) is 12.3. The number of carbonyl (C=O) groups is 2. The van der Waals surface area contributed by atoms with Crippen LogP contribution in [0.5, 0.6) is 5.75 Å². The van der Waals surface area contributed by atoms with Crippen LogP contribution >= 0.6 is 0 Å². The molecule has 1 saturated heterocycles. The summed E-state index contributed by atoms with van der Waals surface area (Å²) in [5.74, 6) is -0.593. The van der Waals surface area contributed by atoms with Gasteiger partial charge in [-0.1, -0.05) is 46.3 Å². The Hall–Kier alpha value is -3.29. The Bertz CT molecular complexity index is 1170. The van der Waals surface area contributed by atoms with Crippen LogP contribution in [0, 0.1) is 5.41 Å². The van der Waals surface area contributed by atoms with Crippen LogP contribution in [0.2, 0.25) is 0 Å². The molecule has 2 N–H and O–H groups in total.